The van der Waals surface area contributed by atoms with Crippen LogP contribution in [0.5, 0.6) is 0 Å². The molecule has 28 heavy (non-hydrogen) atoms. The summed E-state index contributed by atoms with van der Waals surface area (Å²) in [4.78, 5) is 26.4. The molecule has 0 atom stereocenters. The van der Waals surface area contributed by atoms with Crippen molar-refractivity contribution in [1.29, 1.82) is 0 Å². The Morgan fingerprint density at radius 2 is 2.00 bits per heavy atom. The number of hydrogen-bond acceptors (Lipinski definition) is 8. The van der Waals surface area contributed by atoms with E-state index < -0.39 is 5.97 Å². The molecule has 0 radical (unpaired) electrons. The van der Waals surface area contributed by atoms with Gasteiger partial charge in [0.1, 0.15) is 5.82 Å². The monoisotopic (exact) mass is 405 g/mol. The van der Waals surface area contributed by atoms with Crippen LogP contribution in [0.15, 0.2) is 29.4 Å². The van der Waals surface area contributed by atoms with Gasteiger partial charge in [0.2, 0.25) is 5.91 Å². The van der Waals surface area contributed by atoms with E-state index in [0.29, 0.717) is 23.0 Å². The van der Waals surface area contributed by atoms with Gasteiger partial charge in [0.25, 0.3) is 0 Å². The number of ether oxygens (including phenoxy) is 2. The highest BCUT2D eigenvalue weighted by Gasteiger charge is 2.17. The molecule has 1 aromatic carbocycles. The molecule has 10 heteroatoms. The predicted molar refractivity (Wildman–Crippen MR) is 104 cm³/mol. The van der Waals surface area contributed by atoms with Gasteiger partial charge >= 0.3 is 5.97 Å². The van der Waals surface area contributed by atoms with Crippen molar-refractivity contribution in [3.63, 3.8) is 0 Å². The van der Waals surface area contributed by atoms with Gasteiger partial charge in [-0.15, -0.1) is 10.2 Å². The fourth-order valence-corrected chi connectivity index (χ4v) is 3.49. The number of nitrogens with zero attached hydrogens (tertiary/aromatic N) is 4. The Morgan fingerprint density at radius 1 is 1.25 bits per heavy atom. The molecular formula is C18H23N5O4S. The minimum Gasteiger partial charge on any atom is -0.465 e. The number of rotatable bonds is 7. The summed E-state index contributed by atoms with van der Waals surface area (Å²) in [6.45, 7) is 3.90. The Kier molecular flexibility index (Phi) is 7.01. The van der Waals surface area contributed by atoms with E-state index in [2.05, 4.69) is 20.4 Å². The van der Waals surface area contributed by atoms with Gasteiger partial charge < -0.3 is 19.4 Å². The summed E-state index contributed by atoms with van der Waals surface area (Å²) in [5.41, 5.74) is 0.737. The Bertz CT molecular complexity index is 835. The van der Waals surface area contributed by atoms with E-state index >= 15 is 0 Å². The average molecular weight is 405 g/mol. The molecule has 1 aromatic heterocycles. The highest BCUT2D eigenvalue weighted by Crippen LogP contribution is 2.19. The maximum Gasteiger partial charge on any atom is 0.339 e. The quantitative estimate of drug-likeness (QED) is 0.541. The van der Waals surface area contributed by atoms with Gasteiger partial charge in [-0.1, -0.05) is 23.9 Å². The molecule has 2 heterocycles. The average Bonchev–Trinajstić information content (AvgIpc) is 3.06. The molecule has 3 rings (SSSR count). The van der Waals surface area contributed by atoms with Crippen LogP contribution in [0.25, 0.3) is 0 Å². The van der Waals surface area contributed by atoms with Crippen molar-refractivity contribution >= 4 is 29.3 Å². The van der Waals surface area contributed by atoms with Gasteiger partial charge in [-0.2, -0.15) is 0 Å². The zero-order valence-electron chi connectivity index (χ0n) is 15.9. The van der Waals surface area contributed by atoms with Crippen LogP contribution in [0.4, 0.5) is 5.69 Å². The van der Waals surface area contributed by atoms with Crippen molar-refractivity contribution in [3.8, 4) is 0 Å². The lowest BCUT2D eigenvalue weighted by atomic mass is 10.2. The number of amides is 1. The number of morpholine rings is 1. The van der Waals surface area contributed by atoms with Crippen LogP contribution in [-0.4, -0.2) is 70.7 Å². The standard InChI is InChI=1S/C18H23N5O4S/c1-22-15(11-23-7-9-27-10-8-23)20-21-18(22)28-12-16(24)19-14-6-4-3-5-13(14)17(25)26-2/h3-6H,7-12H2,1-2H3,(H,19,24). The second-order valence-electron chi connectivity index (χ2n) is 6.22. The molecule has 1 saturated heterocycles. The number of benzene rings is 1. The minimum absolute atomic E-state index is 0.152. The zero-order valence-corrected chi connectivity index (χ0v) is 16.7. The lowest BCUT2D eigenvalue weighted by Crippen LogP contribution is -2.36. The zero-order chi connectivity index (χ0) is 19.9. The van der Waals surface area contributed by atoms with Gasteiger partial charge in [0.15, 0.2) is 5.16 Å². The summed E-state index contributed by atoms with van der Waals surface area (Å²) in [5, 5.41) is 11.8. The number of para-hydroxylation sites is 1. The van der Waals surface area contributed by atoms with Crippen molar-refractivity contribution < 1.29 is 19.1 Å². The number of methoxy groups -OCH3 is 1. The first-order chi connectivity index (χ1) is 13.6. The number of esters is 1. The molecule has 1 aliphatic heterocycles. The lowest BCUT2D eigenvalue weighted by Gasteiger charge is -2.25. The van der Waals surface area contributed by atoms with Crippen LogP contribution < -0.4 is 5.32 Å². The molecular weight excluding hydrogens is 382 g/mol. The molecule has 9 nitrogen and oxygen atoms in total. The number of thioether (sulfide) groups is 1. The molecule has 1 N–H and O–H groups in total. The summed E-state index contributed by atoms with van der Waals surface area (Å²) in [6.07, 6.45) is 0. The van der Waals surface area contributed by atoms with Crippen LogP contribution in [0.2, 0.25) is 0 Å². The predicted octanol–water partition coefficient (Wildman–Crippen LogP) is 1.16. The SMILES string of the molecule is COC(=O)c1ccccc1NC(=O)CSc1nnc(CN2CCOCC2)n1C. The molecule has 0 spiro atoms. The molecule has 150 valence electrons. The molecule has 0 saturated carbocycles. The van der Waals surface area contributed by atoms with E-state index in [1.165, 1.54) is 18.9 Å². The van der Waals surface area contributed by atoms with Crippen LogP contribution in [0.3, 0.4) is 0 Å². The van der Waals surface area contributed by atoms with Gasteiger partial charge in [-0.3, -0.25) is 9.69 Å². The second kappa shape index (κ2) is 9.67. The number of carbonyl (C=O) groups excluding carboxylic acids is 2. The Labute approximate surface area is 167 Å². The lowest BCUT2D eigenvalue weighted by molar-refractivity contribution is -0.113. The third-order valence-corrected chi connectivity index (χ3v) is 5.35. The van der Waals surface area contributed by atoms with Crippen LogP contribution in [0.1, 0.15) is 16.2 Å². The summed E-state index contributed by atoms with van der Waals surface area (Å²) in [5.74, 6) is 0.267. The first kappa shape index (κ1) is 20.3. The van der Waals surface area contributed by atoms with Crippen molar-refractivity contribution in [3.05, 3.63) is 35.7 Å². The molecule has 1 fully saturated rings. The Hall–Kier alpha value is -2.43. The molecule has 2 aromatic rings. The fourth-order valence-electron chi connectivity index (χ4n) is 2.76. The molecule has 0 bridgehead atoms. The van der Waals surface area contributed by atoms with E-state index in [-0.39, 0.29) is 11.7 Å². The second-order valence-corrected chi connectivity index (χ2v) is 7.16. The van der Waals surface area contributed by atoms with E-state index in [1.807, 2.05) is 11.6 Å². The first-order valence-electron chi connectivity index (χ1n) is 8.87. The maximum absolute atomic E-state index is 12.3. The Morgan fingerprint density at radius 3 is 2.75 bits per heavy atom. The Balaban J connectivity index is 1.56. The van der Waals surface area contributed by atoms with Crippen LogP contribution in [-0.2, 0) is 27.9 Å². The van der Waals surface area contributed by atoms with Crippen molar-refractivity contribution in [2.45, 2.75) is 11.7 Å². The third-order valence-electron chi connectivity index (χ3n) is 4.33. The molecule has 1 aliphatic rings. The topological polar surface area (TPSA) is 98.6 Å². The van der Waals surface area contributed by atoms with Gasteiger partial charge in [-0.05, 0) is 12.1 Å². The first-order valence-corrected chi connectivity index (χ1v) is 9.85. The number of anilines is 1. The summed E-state index contributed by atoms with van der Waals surface area (Å²) in [7, 11) is 3.20. The summed E-state index contributed by atoms with van der Waals surface area (Å²) in [6, 6.07) is 6.73. The van der Waals surface area contributed by atoms with Crippen LogP contribution in [0, 0.1) is 0 Å². The van der Waals surface area contributed by atoms with Crippen LogP contribution >= 0.6 is 11.8 Å². The number of hydrogen-bond donors (Lipinski definition) is 1. The minimum atomic E-state index is -0.496. The van der Waals surface area contributed by atoms with Gasteiger partial charge in [0, 0.05) is 20.1 Å². The van der Waals surface area contributed by atoms with E-state index in [4.69, 9.17) is 9.47 Å². The van der Waals surface area contributed by atoms with Gasteiger partial charge in [0.05, 0.1) is 43.9 Å². The molecule has 1 amide bonds. The van der Waals surface area contributed by atoms with E-state index in [1.54, 1.807) is 24.3 Å². The molecule has 0 aliphatic carbocycles. The smallest absolute Gasteiger partial charge is 0.339 e. The number of aromatic nitrogens is 3. The molecule has 0 unspecified atom stereocenters. The normalized spacial score (nSPS) is 14.6. The van der Waals surface area contributed by atoms with Crippen molar-refractivity contribution in [2.24, 2.45) is 7.05 Å². The number of nitrogens with one attached hydrogen (secondary N) is 1. The van der Waals surface area contributed by atoms with Crippen molar-refractivity contribution in [2.75, 3.05) is 44.5 Å². The summed E-state index contributed by atoms with van der Waals surface area (Å²) < 4.78 is 12.0. The van der Waals surface area contributed by atoms with Crippen molar-refractivity contribution in [1.82, 2.24) is 19.7 Å². The van der Waals surface area contributed by atoms with E-state index in [9.17, 15) is 9.59 Å². The highest BCUT2D eigenvalue weighted by atomic mass is 32.2. The third kappa shape index (κ3) is 5.09. The highest BCUT2D eigenvalue weighted by molar-refractivity contribution is 7.99. The fraction of sp³-hybridized carbons (Fsp3) is 0.444. The maximum atomic E-state index is 12.3. The van der Waals surface area contributed by atoms with E-state index in [0.717, 1.165) is 32.1 Å². The largest absolute Gasteiger partial charge is 0.465 e. The summed E-state index contributed by atoms with van der Waals surface area (Å²) >= 11 is 1.30. The number of carbonyl (C=O) groups is 2. The van der Waals surface area contributed by atoms with Gasteiger partial charge in [-0.25, -0.2) is 4.79 Å².